The second kappa shape index (κ2) is 9.55. The molecule has 3 aromatic carbocycles. The first kappa shape index (κ1) is 25.4. The van der Waals surface area contributed by atoms with Crippen molar-refractivity contribution >= 4 is 39.8 Å². The first-order valence-electron chi connectivity index (χ1n) is 11.7. The zero-order valence-corrected chi connectivity index (χ0v) is 20.6. The number of aromatic nitrogens is 1. The topological polar surface area (TPSA) is 126 Å². The summed E-state index contributed by atoms with van der Waals surface area (Å²) in [5.74, 6) is -1.99. The van der Waals surface area contributed by atoms with Crippen LogP contribution in [0, 0.1) is 15.9 Å². The van der Waals surface area contributed by atoms with Crippen LogP contribution in [0.4, 0.5) is 15.8 Å². The summed E-state index contributed by atoms with van der Waals surface area (Å²) >= 11 is 5.97. The van der Waals surface area contributed by atoms with Gasteiger partial charge in [0.1, 0.15) is 17.1 Å². The minimum absolute atomic E-state index is 0.153. The molecule has 1 saturated heterocycles. The first-order valence-corrected chi connectivity index (χ1v) is 12.1. The van der Waals surface area contributed by atoms with Crippen LogP contribution in [-0.4, -0.2) is 38.8 Å². The minimum Gasteiger partial charge on any atom is -0.477 e. The molecule has 2 heterocycles. The molecule has 9 nitrogen and oxygen atoms in total. The normalized spacial score (nSPS) is 15.0. The number of fused-ring (bicyclic) bond motifs is 1. The van der Waals surface area contributed by atoms with E-state index in [1.165, 1.54) is 34.9 Å². The quantitative estimate of drug-likeness (QED) is 0.274. The highest BCUT2D eigenvalue weighted by molar-refractivity contribution is 6.30. The predicted octanol–water partition coefficient (Wildman–Crippen LogP) is 4.88. The molecule has 1 fully saturated rings. The minimum atomic E-state index is -1.49. The summed E-state index contributed by atoms with van der Waals surface area (Å²) < 4.78 is 15.0. The van der Waals surface area contributed by atoms with Crippen LogP contribution in [0.2, 0.25) is 5.02 Å². The Morgan fingerprint density at radius 3 is 2.26 bits per heavy atom. The monoisotopic (exact) mass is 537 g/mol. The number of anilines is 1. The lowest BCUT2D eigenvalue weighted by molar-refractivity contribution is -0.384. The summed E-state index contributed by atoms with van der Waals surface area (Å²) in [6, 6.07) is 14.6. The summed E-state index contributed by atoms with van der Waals surface area (Å²) in [4.78, 5) is 38.0. The second-order valence-electron chi connectivity index (χ2n) is 9.16. The highest BCUT2D eigenvalue weighted by Gasteiger charge is 2.36. The molecule has 0 radical (unpaired) electrons. The van der Waals surface area contributed by atoms with Crippen LogP contribution in [0.1, 0.15) is 28.8 Å². The Morgan fingerprint density at radius 1 is 1.05 bits per heavy atom. The molecule has 0 unspecified atom stereocenters. The third kappa shape index (κ3) is 4.48. The fourth-order valence-corrected chi connectivity index (χ4v) is 5.01. The highest BCUT2D eigenvalue weighted by Crippen LogP contribution is 2.39. The number of nitro benzene ring substituents is 1. The molecule has 1 aliphatic heterocycles. The average molecular weight is 538 g/mol. The lowest BCUT2D eigenvalue weighted by Crippen LogP contribution is -2.42. The lowest BCUT2D eigenvalue weighted by atomic mass is 9.84. The van der Waals surface area contributed by atoms with Crippen LogP contribution in [-0.2, 0) is 5.60 Å². The Kier molecular flexibility index (Phi) is 6.38. The smallest absolute Gasteiger partial charge is 0.341 e. The van der Waals surface area contributed by atoms with Crippen molar-refractivity contribution in [1.82, 2.24) is 4.57 Å². The molecule has 0 bridgehead atoms. The van der Waals surface area contributed by atoms with Gasteiger partial charge in [-0.2, -0.15) is 0 Å². The van der Waals surface area contributed by atoms with E-state index in [1.807, 2.05) is 0 Å². The van der Waals surface area contributed by atoms with Crippen molar-refractivity contribution < 1.29 is 24.3 Å². The summed E-state index contributed by atoms with van der Waals surface area (Å²) in [6.45, 7) is 0.554. The molecule has 0 aliphatic carbocycles. The number of hydrogen-bond acceptors (Lipinski definition) is 6. The number of halogens is 2. The van der Waals surface area contributed by atoms with Crippen molar-refractivity contribution in [1.29, 1.82) is 0 Å². The molecule has 11 heteroatoms. The molecule has 2 N–H and O–H groups in total. The van der Waals surface area contributed by atoms with Gasteiger partial charge in [0.15, 0.2) is 0 Å². The molecule has 0 spiro atoms. The van der Waals surface area contributed by atoms with Gasteiger partial charge in [0.2, 0.25) is 5.43 Å². The van der Waals surface area contributed by atoms with E-state index in [0.29, 0.717) is 16.3 Å². The molecule has 0 atom stereocenters. The van der Waals surface area contributed by atoms with E-state index < -0.39 is 33.3 Å². The van der Waals surface area contributed by atoms with Crippen LogP contribution in [0.5, 0.6) is 0 Å². The summed E-state index contributed by atoms with van der Waals surface area (Å²) in [5.41, 5.74) is -1.43. The number of aromatic carboxylic acids is 1. The highest BCUT2D eigenvalue weighted by atomic mass is 35.5. The Morgan fingerprint density at radius 2 is 1.68 bits per heavy atom. The number of carboxylic acid groups (broad SMARTS) is 1. The number of rotatable bonds is 5. The molecule has 0 amide bonds. The number of carbonyl (C=O) groups is 1. The van der Waals surface area contributed by atoms with Gasteiger partial charge < -0.3 is 19.7 Å². The fourth-order valence-electron chi connectivity index (χ4n) is 4.88. The standard InChI is InChI=1S/C27H21ClFN3O6/c28-17-3-1-16(2-4-17)27(36)9-11-30(12-10-27)23-14-22-20(13-24(23)32(37)38)25(33)21(26(34)35)15-31(22)19-7-5-18(29)6-8-19/h1-8,13-15,36H,9-12H2,(H,34,35). The number of pyridine rings is 1. The van der Waals surface area contributed by atoms with Crippen LogP contribution in [0.25, 0.3) is 16.6 Å². The molecule has 1 aliphatic rings. The van der Waals surface area contributed by atoms with Crippen molar-refractivity contribution in [3.8, 4) is 5.69 Å². The van der Waals surface area contributed by atoms with Gasteiger partial charge in [-0.25, -0.2) is 9.18 Å². The maximum absolute atomic E-state index is 13.6. The van der Waals surface area contributed by atoms with E-state index in [1.54, 1.807) is 29.2 Å². The van der Waals surface area contributed by atoms with Gasteiger partial charge in [-0.1, -0.05) is 23.7 Å². The van der Waals surface area contributed by atoms with Crippen LogP contribution >= 0.6 is 11.6 Å². The second-order valence-corrected chi connectivity index (χ2v) is 9.60. The van der Waals surface area contributed by atoms with E-state index in [4.69, 9.17) is 11.6 Å². The van der Waals surface area contributed by atoms with Gasteiger partial charge in [0.05, 0.1) is 21.4 Å². The molecule has 194 valence electrons. The number of nitrogens with zero attached hydrogens (tertiary/aromatic N) is 3. The first-order chi connectivity index (χ1) is 18.1. The summed E-state index contributed by atoms with van der Waals surface area (Å²) in [7, 11) is 0. The molecular formula is C27H21ClFN3O6. The summed E-state index contributed by atoms with van der Waals surface area (Å²) in [6.07, 6.45) is 1.70. The molecule has 1 aromatic heterocycles. The molecule has 0 saturated carbocycles. The average Bonchev–Trinajstić information content (AvgIpc) is 2.89. The maximum Gasteiger partial charge on any atom is 0.341 e. The molecule has 4 aromatic rings. The number of aliphatic hydroxyl groups is 1. The van der Waals surface area contributed by atoms with Gasteiger partial charge in [0, 0.05) is 36.1 Å². The largest absolute Gasteiger partial charge is 0.477 e. The van der Waals surface area contributed by atoms with Gasteiger partial charge in [-0.3, -0.25) is 14.9 Å². The molecule has 5 rings (SSSR count). The zero-order valence-electron chi connectivity index (χ0n) is 19.8. The lowest BCUT2D eigenvalue weighted by Gasteiger charge is -2.39. The molecular weight excluding hydrogens is 517 g/mol. The number of hydrogen-bond donors (Lipinski definition) is 2. The summed E-state index contributed by atoms with van der Waals surface area (Å²) in [5, 5.41) is 33.3. The van der Waals surface area contributed by atoms with Crippen LogP contribution in [0.15, 0.2) is 71.7 Å². The van der Waals surface area contributed by atoms with Crippen molar-refractivity contribution in [3.63, 3.8) is 0 Å². The van der Waals surface area contributed by atoms with Crippen LogP contribution in [0.3, 0.4) is 0 Å². The van der Waals surface area contributed by atoms with E-state index in [2.05, 4.69) is 0 Å². The van der Waals surface area contributed by atoms with Gasteiger partial charge in [-0.05, 0) is 60.9 Å². The number of nitro groups is 1. The van der Waals surface area contributed by atoms with Crippen molar-refractivity contribution in [2.45, 2.75) is 18.4 Å². The zero-order chi connectivity index (χ0) is 27.2. The van der Waals surface area contributed by atoms with E-state index in [-0.39, 0.29) is 48.2 Å². The van der Waals surface area contributed by atoms with Crippen molar-refractivity contribution in [3.05, 3.63) is 109 Å². The number of carboxylic acids is 1. The Hall–Kier alpha value is -4.28. The van der Waals surface area contributed by atoms with Gasteiger partial charge in [0.25, 0.3) is 5.69 Å². The third-order valence-corrected chi connectivity index (χ3v) is 7.20. The fraction of sp³-hybridized carbons (Fsp3) is 0.185. The van der Waals surface area contributed by atoms with E-state index in [0.717, 1.165) is 12.3 Å². The Balaban J connectivity index is 1.63. The van der Waals surface area contributed by atoms with Gasteiger partial charge in [-0.15, -0.1) is 0 Å². The molecule has 38 heavy (non-hydrogen) atoms. The Bertz CT molecular complexity index is 1630. The van der Waals surface area contributed by atoms with Gasteiger partial charge >= 0.3 is 5.97 Å². The Labute approximate surface area is 220 Å². The van der Waals surface area contributed by atoms with Crippen LogP contribution < -0.4 is 10.3 Å². The number of piperidine rings is 1. The SMILES string of the molecule is O=C(O)c1cn(-c2ccc(F)cc2)c2cc(N3CCC(O)(c4ccc(Cl)cc4)CC3)c([N+](=O)[O-])cc2c1=O. The van der Waals surface area contributed by atoms with Crippen molar-refractivity contribution in [2.75, 3.05) is 18.0 Å². The maximum atomic E-state index is 13.6. The van der Waals surface area contributed by atoms with Crippen molar-refractivity contribution in [2.24, 2.45) is 0 Å². The van der Waals surface area contributed by atoms with E-state index in [9.17, 15) is 34.3 Å². The third-order valence-electron chi connectivity index (χ3n) is 6.94. The van der Waals surface area contributed by atoms with E-state index >= 15 is 0 Å². The number of benzene rings is 3. The predicted molar refractivity (Wildman–Crippen MR) is 140 cm³/mol.